The van der Waals surface area contributed by atoms with Gasteiger partial charge in [-0.25, -0.2) is 4.79 Å². The number of rotatable bonds is 5. The Morgan fingerprint density at radius 3 is 2.68 bits per heavy atom. The summed E-state index contributed by atoms with van der Waals surface area (Å²) in [4.78, 5) is 12.5. The Balaban J connectivity index is 1.93. The van der Waals surface area contributed by atoms with E-state index in [1.165, 1.54) is 0 Å². The number of carbonyl (C=O) groups is 1. The molecule has 0 atom stereocenters. The van der Waals surface area contributed by atoms with Gasteiger partial charge in [-0.3, -0.25) is 0 Å². The fourth-order valence-electron chi connectivity index (χ4n) is 1.45. The minimum Gasteiger partial charge on any atom is -0.460 e. The van der Waals surface area contributed by atoms with E-state index in [-0.39, 0.29) is 5.76 Å². The van der Waals surface area contributed by atoms with Crippen molar-refractivity contribution in [2.75, 3.05) is 6.61 Å². The van der Waals surface area contributed by atoms with Crippen molar-refractivity contribution in [3.8, 4) is 0 Å². The molecule has 0 aliphatic heterocycles. The number of thioether (sulfide) groups is 1. The molecular weight excluding hydrogens is 284 g/mol. The summed E-state index contributed by atoms with van der Waals surface area (Å²) >= 11 is 7.43. The number of ether oxygens (including phenoxy) is 1. The van der Waals surface area contributed by atoms with Crippen LogP contribution in [0.4, 0.5) is 0 Å². The molecule has 0 N–H and O–H groups in total. The van der Waals surface area contributed by atoms with Crippen LogP contribution < -0.4 is 0 Å². The highest BCUT2D eigenvalue weighted by Gasteiger charge is 2.11. The van der Waals surface area contributed by atoms with Gasteiger partial charge >= 0.3 is 5.97 Å². The minimum atomic E-state index is -0.426. The molecule has 0 bridgehead atoms. The largest absolute Gasteiger partial charge is 0.460 e. The predicted octanol–water partition coefficient (Wildman–Crippen LogP) is 4.40. The summed E-state index contributed by atoms with van der Waals surface area (Å²) in [5.41, 5.74) is 0. The zero-order chi connectivity index (χ0) is 13.7. The third-order valence-electron chi connectivity index (χ3n) is 2.33. The van der Waals surface area contributed by atoms with Gasteiger partial charge in [0.2, 0.25) is 5.76 Å². The van der Waals surface area contributed by atoms with Gasteiger partial charge in [0.1, 0.15) is 5.76 Å². The SMILES string of the molecule is CCOC(=O)c1ccc(CSc2ccc(Cl)cc2)o1. The molecule has 2 aromatic rings. The van der Waals surface area contributed by atoms with Gasteiger partial charge in [0.25, 0.3) is 0 Å². The second-order valence-corrected chi connectivity index (χ2v) is 5.21. The number of hydrogen-bond donors (Lipinski definition) is 0. The van der Waals surface area contributed by atoms with E-state index in [4.69, 9.17) is 20.8 Å². The van der Waals surface area contributed by atoms with Gasteiger partial charge < -0.3 is 9.15 Å². The van der Waals surface area contributed by atoms with Crippen LogP contribution in [-0.2, 0) is 10.5 Å². The topological polar surface area (TPSA) is 39.4 Å². The molecule has 100 valence electrons. The molecule has 0 saturated carbocycles. The molecule has 0 fully saturated rings. The molecule has 19 heavy (non-hydrogen) atoms. The molecule has 0 aliphatic rings. The van der Waals surface area contributed by atoms with E-state index >= 15 is 0 Å². The van der Waals surface area contributed by atoms with Crippen LogP contribution in [0.25, 0.3) is 0 Å². The van der Waals surface area contributed by atoms with Gasteiger partial charge in [-0.1, -0.05) is 11.6 Å². The van der Waals surface area contributed by atoms with Crippen LogP contribution in [0.5, 0.6) is 0 Å². The summed E-state index contributed by atoms with van der Waals surface area (Å²) < 4.78 is 10.3. The van der Waals surface area contributed by atoms with E-state index in [9.17, 15) is 4.79 Å². The van der Waals surface area contributed by atoms with Crippen LogP contribution >= 0.6 is 23.4 Å². The molecule has 3 nitrogen and oxygen atoms in total. The highest BCUT2D eigenvalue weighted by Crippen LogP contribution is 2.25. The third-order valence-corrected chi connectivity index (χ3v) is 3.62. The number of halogens is 1. The molecular formula is C14H13ClO3S. The lowest BCUT2D eigenvalue weighted by Crippen LogP contribution is -2.02. The molecule has 1 heterocycles. The molecule has 0 aliphatic carbocycles. The van der Waals surface area contributed by atoms with Crippen LogP contribution in [0.2, 0.25) is 5.02 Å². The second kappa shape index (κ2) is 6.68. The highest BCUT2D eigenvalue weighted by atomic mass is 35.5. The van der Waals surface area contributed by atoms with E-state index in [0.29, 0.717) is 17.4 Å². The molecule has 1 aromatic heterocycles. The molecule has 0 unspecified atom stereocenters. The zero-order valence-corrected chi connectivity index (χ0v) is 12.0. The Kier molecular flexibility index (Phi) is 4.93. The van der Waals surface area contributed by atoms with E-state index in [1.54, 1.807) is 30.8 Å². The Morgan fingerprint density at radius 2 is 2.00 bits per heavy atom. The van der Waals surface area contributed by atoms with Gasteiger partial charge in [-0.15, -0.1) is 11.8 Å². The normalized spacial score (nSPS) is 10.4. The first-order valence-electron chi connectivity index (χ1n) is 5.83. The van der Waals surface area contributed by atoms with E-state index in [2.05, 4.69) is 0 Å². The summed E-state index contributed by atoms with van der Waals surface area (Å²) in [6, 6.07) is 11.0. The third kappa shape index (κ3) is 4.04. The van der Waals surface area contributed by atoms with Gasteiger partial charge in [0.15, 0.2) is 0 Å². The van der Waals surface area contributed by atoms with Crippen LogP contribution in [0.1, 0.15) is 23.2 Å². The Morgan fingerprint density at radius 1 is 1.26 bits per heavy atom. The van der Waals surface area contributed by atoms with Crippen molar-refractivity contribution in [2.45, 2.75) is 17.6 Å². The lowest BCUT2D eigenvalue weighted by atomic mass is 10.4. The van der Waals surface area contributed by atoms with E-state index in [1.807, 2.05) is 24.3 Å². The molecule has 0 radical (unpaired) electrons. The van der Waals surface area contributed by atoms with Crippen molar-refractivity contribution in [1.29, 1.82) is 0 Å². The maximum atomic E-state index is 11.4. The standard InChI is InChI=1S/C14H13ClO3S/c1-2-17-14(16)13-8-5-11(18-13)9-19-12-6-3-10(15)4-7-12/h3-8H,2,9H2,1H3. The van der Waals surface area contributed by atoms with Crippen molar-refractivity contribution in [2.24, 2.45) is 0 Å². The van der Waals surface area contributed by atoms with Crippen molar-refractivity contribution in [3.63, 3.8) is 0 Å². The number of hydrogen-bond acceptors (Lipinski definition) is 4. The molecule has 1 aromatic carbocycles. The summed E-state index contributed by atoms with van der Waals surface area (Å²) in [5.74, 6) is 1.21. The maximum absolute atomic E-state index is 11.4. The molecule has 0 amide bonds. The van der Waals surface area contributed by atoms with Gasteiger partial charge in [0, 0.05) is 9.92 Å². The van der Waals surface area contributed by atoms with Crippen LogP contribution in [0, 0.1) is 0 Å². The average Bonchev–Trinajstić information content (AvgIpc) is 2.87. The molecule has 5 heteroatoms. The summed E-state index contributed by atoms with van der Waals surface area (Å²) in [6.45, 7) is 2.10. The second-order valence-electron chi connectivity index (χ2n) is 3.73. The monoisotopic (exact) mass is 296 g/mol. The van der Waals surface area contributed by atoms with Gasteiger partial charge in [0.05, 0.1) is 12.4 Å². The zero-order valence-electron chi connectivity index (χ0n) is 10.4. The predicted molar refractivity (Wildman–Crippen MR) is 75.7 cm³/mol. The average molecular weight is 297 g/mol. The minimum absolute atomic E-state index is 0.244. The first-order valence-corrected chi connectivity index (χ1v) is 7.19. The number of furan rings is 1. The quantitative estimate of drug-likeness (QED) is 0.605. The summed E-state index contributed by atoms with van der Waals surface area (Å²) in [5, 5.41) is 0.715. The lowest BCUT2D eigenvalue weighted by molar-refractivity contribution is 0.0488. The summed E-state index contributed by atoms with van der Waals surface area (Å²) in [6.07, 6.45) is 0. The van der Waals surface area contributed by atoms with Crippen LogP contribution in [0.3, 0.4) is 0 Å². The van der Waals surface area contributed by atoms with Crippen LogP contribution in [0.15, 0.2) is 45.7 Å². The van der Waals surface area contributed by atoms with Gasteiger partial charge in [-0.2, -0.15) is 0 Å². The smallest absolute Gasteiger partial charge is 0.374 e. The van der Waals surface area contributed by atoms with Crippen molar-refractivity contribution in [3.05, 3.63) is 52.9 Å². The first kappa shape index (κ1) is 14.0. The van der Waals surface area contributed by atoms with E-state index in [0.717, 1.165) is 10.7 Å². The Bertz CT molecular complexity index is 548. The Hall–Kier alpha value is -1.39. The van der Waals surface area contributed by atoms with Crippen molar-refractivity contribution >= 4 is 29.3 Å². The molecule has 2 rings (SSSR count). The van der Waals surface area contributed by atoms with Crippen molar-refractivity contribution < 1.29 is 13.9 Å². The van der Waals surface area contributed by atoms with Gasteiger partial charge in [-0.05, 0) is 43.3 Å². The number of esters is 1. The molecule has 0 spiro atoms. The van der Waals surface area contributed by atoms with Crippen molar-refractivity contribution in [1.82, 2.24) is 0 Å². The highest BCUT2D eigenvalue weighted by molar-refractivity contribution is 7.98. The van der Waals surface area contributed by atoms with E-state index < -0.39 is 5.97 Å². The summed E-state index contributed by atoms with van der Waals surface area (Å²) in [7, 11) is 0. The fraction of sp³-hybridized carbons (Fsp3) is 0.214. The lowest BCUT2D eigenvalue weighted by Gasteiger charge is -2.00. The number of carbonyl (C=O) groups excluding carboxylic acids is 1. The maximum Gasteiger partial charge on any atom is 0.374 e. The fourth-order valence-corrected chi connectivity index (χ4v) is 2.37. The van der Waals surface area contributed by atoms with Crippen LogP contribution in [-0.4, -0.2) is 12.6 Å². The Labute approximate surface area is 120 Å². The molecule has 0 saturated heterocycles. The number of benzene rings is 1. The first-order chi connectivity index (χ1) is 9.19.